The van der Waals surface area contributed by atoms with Crippen molar-refractivity contribution in [2.45, 2.75) is 52.0 Å². The van der Waals surface area contributed by atoms with Gasteiger partial charge in [0.1, 0.15) is 0 Å². The molecule has 0 aliphatic rings. The van der Waals surface area contributed by atoms with Crippen LogP contribution in [0.2, 0.25) is 0 Å². The van der Waals surface area contributed by atoms with Crippen LogP contribution in [-0.2, 0) is 10.0 Å². The second-order valence-corrected chi connectivity index (χ2v) is 7.39. The lowest BCUT2D eigenvalue weighted by molar-refractivity contribution is 0.482. The maximum atomic E-state index is 12.5. The molecule has 0 radical (unpaired) electrons. The Labute approximate surface area is 122 Å². The third-order valence-electron chi connectivity index (χ3n) is 3.08. The minimum Gasteiger partial charge on any atom is -0.324 e. The summed E-state index contributed by atoms with van der Waals surface area (Å²) in [5.74, 6) is 5.81. The lowest BCUT2D eigenvalue weighted by Gasteiger charge is -2.19. The molecule has 0 amide bonds. The Bertz CT molecular complexity index is 545. The van der Waals surface area contributed by atoms with Crippen molar-refractivity contribution in [2.24, 2.45) is 11.8 Å². The van der Waals surface area contributed by atoms with Gasteiger partial charge in [-0.05, 0) is 56.4 Å². The van der Waals surface area contributed by atoms with Gasteiger partial charge in [-0.1, -0.05) is 13.8 Å². The van der Waals surface area contributed by atoms with E-state index in [1.807, 2.05) is 6.92 Å². The van der Waals surface area contributed by atoms with Crippen LogP contribution < -0.4 is 16.0 Å². The lowest BCUT2D eigenvalue weighted by atomic mass is 10.1. The average molecular weight is 299 g/mol. The number of nitrogen functional groups attached to an aromatic ring is 1. The second-order valence-electron chi connectivity index (χ2n) is 5.74. The summed E-state index contributed by atoms with van der Waals surface area (Å²) in [5, 5.41) is 0. The van der Waals surface area contributed by atoms with Gasteiger partial charge in [0.15, 0.2) is 0 Å². The molecule has 1 atom stereocenters. The van der Waals surface area contributed by atoms with Crippen LogP contribution in [0.1, 0.15) is 38.3 Å². The molecule has 0 saturated carbocycles. The Morgan fingerprint density at radius 1 is 1.15 bits per heavy atom. The molecular formula is C14H25N3O2S. The molecule has 0 bridgehead atoms. The molecule has 1 unspecified atom stereocenters. The summed E-state index contributed by atoms with van der Waals surface area (Å²) in [6.45, 7) is 9.58. The summed E-state index contributed by atoms with van der Waals surface area (Å²) in [7, 11) is -3.51. The van der Waals surface area contributed by atoms with Crippen LogP contribution in [-0.4, -0.2) is 14.5 Å². The Hall–Kier alpha value is -1.11. The van der Waals surface area contributed by atoms with Crippen molar-refractivity contribution in [2.75, 3.05) is 5.43 Å². The highest BCUT2D eigenvalue weighted by atomic mass is 32.2. The number of aryl methyl sites for hydroxylation is 2. The van der Waals surface area contributed by atoms with Gasteiger partial charge in [0.25, 0.3) is 0 Å². The number of benzene rings is 1. The van der Waals surface area contributed by atoms with Gasteiger partial charge in [-0.2, -0.15) is 0 Å². The highest BCUT2D eigenvalue weighted by molar-refractivity contribution is 7.89. The third-order valence-corrected chi connectivity index (χ3v) is 4.97. The predicted octanol–water partition coefficient (Wildman–Crippen LogP) is 2.30. The van der Waals surface area contributed by atoms with Crippen LogP contribution in [0.4, 0.5) is 5.69 Å². The van der Waals surface area contributed by atoms with Crippen LogP contribution >= 0.6 is 0 Å². The van der Waals surface area contributed by atoms with E-state index in [0.29, 0.717) is 27.6 Å². The minimum atomic E-state index is -3.51. The summed E-state index contributed by atoms with van der Waals surface area (Å²) in [6, 6.07) is 3.37. The fourth-order valence-electron chi connectivity index (χ4n) is 2.54. The van der Waals surface area contributed by atoms with E-state index in [1.165, 1.54) is 0 Å². The normalized spacial score (nSPS) is 13.6. The number of sulfonamides is 1. The summed E-state index contributed by atoms with van der Waals surface area (Å²) in [4.78, 5) is 0.340. The highest BCUT2D eigenvalue weighted by Gasteiger charge is 2.22. The molecular weight excluding hydrogens is 274 g/mol. The molecule has 0 saturated heterocycles. The average Bonchev–Trinajstić information content (AvgIpc) is 2.24. The number of nitrogens with two attached hydrogens (primary N) is 1. The molecule has 20 heavy (non-hydrogen) atoms. The summed E-state index contributed by atoms with van der Waals surface area (Å²) in [5.41, 5.74) is 4.61. The summed E-state index contributed by atoms with van der Waals surface area (Å²) >= 11 is 0. The van der Waals surface area contributed by atoms with E-state index in [2.05, 4.69) is 24.0 Å². The van der Waals surface area contributed by atoms with Crippen LogP contribution in [0.3, 0.4) is 0 Å². The molecule has 5 nitrogen and oxygen atoms in total. The molecule has 6 heteroatoms. The van der Waals surface area contributed by atoms with Crippen molar-refractivity contribution in [1.82, 2.24) is 4.72 Å². The lowest BCUT2D eigenvalue weighted by Crippen LogP contribution is -2.34. The third kappa shape index (κ3) is 4.19. The van der Waals surface area contributed by atoms with E-state index < -0.39 is 10.0 Å². The standard InChI is InChI=1S/C14H25N3O2S/c1-9(2)6-12(5)17-20(18,19)14-10(3)7-13(16-15)8-11(14)4/h7-9,12,16-17H,6,15H2,1-5H3. The molecule has 4 N–H and O–H groups in total. The van der Waals surface area contributed by atoms with Crippen molar-refractivity contribution in [3.05, 3.63) is 23.3 Å². The number of rotatable bonds is 6. The van der Waals surface area contributed by atoms with Gasteiger partial charge >= 0.3 is 0 Å². The van der Waals surface area contributed by atoms with Crippen molar-refractivity contribution in [1.29, 1.82) is 0 Å². The van der Waals surface area contributed by atoms with E-state index in [-0.39, 0.29) is 6.04 Å². The second kappa shape index (κ2) is 6.56. The Morgan fingerprint density at radius 2 is 1.65 bits per heavy atom. The molecule has 0 aliphatic carbocycles. The minimum absolute atomic E-state index is 0.0916. The molecule has 0 aliphatic heterocycles. The number of hydrogen-bond acceptors (Lipinski definition) is 4. The zero-order valence-electron chi connectivity index (χ0n) is 12.8. The first kappa shape index (κ1) is 16.9. The Kier molecular flexibility index (Phi) is 5.56. The van der Waals surface area contributed by atoms with Crippen molar-refractivity contribution in [3.63, 3.8) is 0 Å². The number of nitrogens with one attached hydrogen (secondary N) is 2. The molecule has 1 rings (SSSR count). The molecule has 0 fully saturated rings. The van der Waals surface area contributed by atoms with Gasteiger partial charge < -0.3 is 5.43 Å². The number of hydrogen-bond donors (Lipinski definition) is 3. The maximum absolute atomic E-state index is 12.5. The van der Waals surface area contributed by atoms with E-state index in [4.69, 9.17) is 5.84 Å². The molecule has 1 aromatic rings. The van der Waals surface area contributed by atoms with E-state index >= 15 is 0 Å². The van der Waals surface area contributed by atoms with Gasteiger partial charge in [0.2, 0.25) is 10.0 Å². The van der Waals surface area contributed by atoms with Gasteiger partial charge in [-0.3, -0.25) is 5.84 Å². The van der Waals surface area contributed by atoms with Gasteiger partial charge in [-0.25, -0.2) is 13.1 Å². The highest BCUT2D eigenvalue weighted by Crippen LogP contribution is 2.24. The summed E-state index contributed by atoms with van der Waals surface area (Å²) in [6.07, 6.45) is 0.805. The zero-order valence-corrected chi connectivity index (χ0v) is 13.6. The van der Waals surface area contributed by atoms with Crippen molar-refractivity contribution >= 4 is 15.7 Å². The maximum Gasteiger partial charge on any atom is 0.241 e. The van der Waals surface area contributed by atoms with E-state index in [1.54, 1.807) is 26.0 Å². The van der Waals surface area contributed by atoms with Crippen LogP contribution in [0, 0.1) is 19.8 Å². The number of anilines is 1. The van der Waals surface area contributed by atoms with E-state index in [9.17, 15) is 8.42 Å². The first-order valence-corrected chi connectivity index (χ1v) is 8.26. The summed E-state index contributed by atoms with van der Waals surface area (Å²) < 4.78 is 27.7. The van der Waals surface area contributed by atoms with Crippen LogP contribution in [0.15, 0.2) is 17.0 Å². The zero-order chi connectivity index (χ0) is 15.5. The molecule has 0 spiro atoms. The van der Waals surface area contributed by atoms with Gasteiger partial charge in [0, 0.05) is 11.7 Å². The van der Waals surface area contributed by atoms with Crippen LogP contribution in [0.5, 0.6) is 0 Å². The largest absolute Gasteiger partial charge is 0.324 e. The van der Waals surface area contributed by atoms with Crippen molar-refractivity contribution in [3.8, 4) is 0 Å². The first-order chi connectivity index (χ1) is 9.17. The molecule has 1 aromatic carbocycles. The van der Waals surface area contributed by atoms with Gasteiger partial charge in [-0.15, -0.1) is 0 Å². The topological polar surface area (TPSA) is 84.2 Å². The fourth-order valence-corrected chi connectivity index (χ4v) is 4.25. The molecule has 0 aromatic heterocycles. The predicted molar refractivity (Wildman–Crippen MR) is 83.0 cm³/mol. The van der Waals surface area contributed by atoms with Crippen LogP contribution in [0.25, 0.3) is 0 Å². The molecule has 114 valence electrons. The quantitative estimate of drug-likeness (QED) is 0.556. The number of hydrazine groups is 1. The van der Waals surface area contributed by atoms with Gasteiger partial charge in [0.05, 0.1) is 4.90 Å². The Morgan fingerprint density at radius 3 is 2.05 bits per heavy atom. The van der Waals surface area contributed by atoms with Crippen molar-refractivity contribution < 1.29 is 8.42 Å². The monoisotopic (exact) mass is 299 g/mol. The first-order valence-electron chi connectivity index (χ1n) is 6.77. The SMILES string of the molecule is Cc1cc(NN)cc(C)c1S(=O)(=O)NC(C)CC(C)C. The van der Waals surface area contributed by atoms with E-state index in [0.717, 1.165) is 6.42 Å². The smallest absolute Gasteiger partial charge is 0.241 e. The Balaban J connectivity index is 3.10. The fraction of sp³-hybridized carbons (Fsp3) is 0.571. The molecule has 0 heterocycles.